The summed E-state index contributed by atoms with van der Waals surface area (Å²) in [5, 5.41) is 3.07. The molecule has 0 bridgehead atoms. The van der Waals surface area contributed by atoms with Crippen LogP contribution in [0, 0.1) is 5.92 Å². The van der Waals surface area contributed by atoms with Gasteiger partial charge in [0.15, 0.2) is 5.75 Å². The number of nitrogens with zero attached hydrogens (tertiary/aromatic N) is 2. The Morgan fingerprint density at radius 2 is 1.65 bits per heavy atom. The zero-order valence-corrected chi connectivity index (χ0v) is 21.3. The summed E-state index contributed by atoms with van der Waals surface area (Å²) in [7, 11) is 1.53. The number of para-hydroxylation sites is 2. The minimum atomic E-state index is -4.76. The smallest absolute Gasteiger partial charge is 0.404 e. The third kappa shape index (κ3) is 7.38. The lowest BCUT2D eigenvalue weighted by Crippen LogP contribution is -2.55. The van der Waals surface area contributed by atoms with Gasteiger partial charge in [0.25, 0.3) is 5.91 Å². The summed E-state index contributed by atoms with van der Waals surface area (Å²) in [6.07, 6.45) is -0.834. The van der Waals surface area contributed by atoms with E-state index < -0.39 is 12.0 Å². The van der Waals surface area contributed by atoms with Crippen molar-refractivity contribution >= 4 is 11.6 Å². The monoisotopic (exact) mass is 519 g/mol. The Bertz CT molecular complexity index is 1000. The number of hydrogen-bond donors (Lipinski definition) is 1. The number of benzene rings is 2. The molecule has 37 heavy (non-hydrogen) atoms. The molecule has 0 radical (unpaired) electrons. The van der Waals surface area contributed by atoms with Gasteiger partial charge in [-0.15, -0.1) is 13.2 Å². The molecule has 2 fully saturated rings. The highest BCUT2D eigenvalue weighted by Crippen LogP contribution is 2.36. The molecule has 2 heterocycles. The average molecular weight is 520 g/mol. The maximum absolute atomic E-state index is 13.1. The number of amides is 1. The number of halogens is 3. The van der Waals surface area contributed by atoms with Gasteiger partial charge in [-0.2, -0.15) is 0 Å². The van der Waals surface area contributed by atoms with E-state index in [0.29, 0.717) is 44.1 Å². The van der Waals surface area contributed by atoms with Crippen molar-refractivity contribution in [2.45, 2.75) is 50.6 Å². The first-order valence-corrected chi connectivity index (χ1v) is 13.0. The fraction of sp³-hybridized carbons (Fsp3) is 0.536. The van der Waals surface area contributed by atoms with Gasteiger partial charge in [-0.3, -0.25) is 9.69 Å². The van der Waals surface area contributed by atoms with E-state index in [1.54, 1.807) is 12.1 Å². The number of nitrogens with one attached hydrogen (secondary N) is 1. The van der Waals surface area contributed by atoms with Crippen molar-refractivity contribution in [3.8, 4) is 5.75 Å². The Hall–Kier alpha value is -2.78. The summed E-state index contributed by atoms with van der Waals surface area (Å²) >= 11 is 0. The number of rotatable bonds is 9. The molecule has 2 aliphatic heterocycles. The van der Waals surface area contributed by atoms with Crippen molar-refractivity contribution in [1.29, 1.82) is 0 Å². The normalized spacial score (nSPS) is 19.0. The average Bonchev–Trinajstić information content (AvgIpc) is 2.90. The van der Waals surface area contributed by atoms with E-state index in [4.69, 9.17) is 4.74 Å². The van der Waals surface area contributed by atoms with Crippen molar-refractivity contribution in [2.75, 3.05) is 44.7 Å². The molecule has 2 aromatic rings. The summed E-state index contributed by atoms with van der Waals surface area (Å²) in [5.41, 5.74) is 0.721. The minimum absolute atomic E-state index is 0.143. The molecule has 9 heteroatoms. The predicted octanol–water partition coefficient (Wildman–Crippen LogP) is 4.99. The van der Waals surface area contributed by atoms with Crippen LogP contribution in [0.25, 0.3) is 0 Å². The van der Waals surface area contributed by atoms with Gasteiger partial charge in [-0.1, -0.05) is 42.5 Å². The fourth-order valence-electron chi connectivity index (χ4n) is 5.39. The second kappa shape index (κ2) is 12.2. The van der Waals surface area contributed by atoms with Crippen LogP contribution in [0.2, 0.25) is 0 Å². The summed E-state index contributed by atoms with van der Waals surface area (Å²) in [4.78, 5) is 17.4. The van der Waals surface area contributed by atoms with Gasteiger partial charge < -0.3 is 19.7 Å². The number of alkyl halides is 3. The second-order valence-corrected chi connectivity index (χ2v) is 9.95. The van der Waals surface area contributed by atoms with Gasteiger partial charge in [0.2, 0.25) is 0 Å². The molecule has 1 amide bonds. The van der Waals surface area contributed by atoms with Gasteiger partial charge >= 0.3 is 6.36 Å². The number of hydrogen-bond acceptors (Lipinski definition) is 5. The van der Waals surface area contributed by atoms with Gasteiger partial charge in [-0.25, -0.2) is 0 Å². The lowest BCUT2D eigenvalue weighted by Gasteiger charge is -2.41. The van der Waals surface area contributed by atoms with E-state index in [9.17, 15) is 18.0 Å². The van der Waals surface area contributed by atoms with Crippen molar-refractivity contribution in [3.05, 3.63) is 60.2 Å². The molecule has 1 N–H and O–H groups in total. The molecule has 0 unspecified atom stereocenters. The van der Waals surface area contributed by atoms with E-state index in [0.717, 1.165) is 38.9 Å². The second-order valence-electron chi connectivity index (χ2n) is 9.95. The lowest BCUT2D eigenvalue weighted by molar-refractivity contribution is -0.274. The van der Waals surface area contributed by atoms with Gasteiger partial charge in [0.05, 0.1) is 5.69 Å². The quantitative estimate of drug-likeness (QED) is 0.506. The lowest BCUT2D eigenvalue weighted by atomic mass is 9.89. The highest BCUT2D eigenvalue weighted by Gasteiger charge is 2.42. The summed E-state index contributed by atoms with van der Waals surface area (Å²) in [5.74, 6) is 0.202. The maximum Gasteiger partial charge on any atom is 0.573 e. The van der Waals surface area contributed by atoms with E-state index in [2.05, 4.69) is 39.2 Å². The molecule has 2 saturated heterocycles. The highest BCUT2D eigenvalue weighted by atomic mass is 19.4. The van der Waals surface area contributed by atoms with Crippen LogP contribution in [0.5, 0.6) is 5.75 Å². The highest BCUT2D eigenvalue weighted by molar-refractivity contribution is 5.85. The minimum Gasteiger partial charge on any atom is -0.404 e. The van der Waals surface area contributed by atoms with Crippen molar-refractivity contribution < 1.29 is 27.4 Å². The topological polar surface area (TPSA) is 54.0 Å². The third-order valence-electron chi connectivity index (χ3n) is 7.60. The number of piperidine rings is 2. The van der Waals surface area contributed by atoms with Crippen LogP contribution in [-0.2, 0) is 16.1 Å². The Balaban J connectivity index is 1.22. The molecule has 6 nitrogen and oxygen atoms in total. The van der Waals surface area contributed by atoms with Crippen molar-refractivity contribution in [1.82, 2.24) is 10.2 Å². The fourth-order valence-corrected chi connectivity index (χ4v) is 5.39. The Kier molecular flexibility index (Phi) is 8.97. The Morgan fingerprint density at radius 3 is 2.30 bits per heavy atom. The number of methoxy groups -OCH3 is 1. The van der Waals surface area contributed by atoms with Crippen molar-refractivity contribution in [3.63, 3.8) is 0 Å². The predicted molar refractivity (Wildman–Crippen MR) is 136 cm³/mol. The number of ether oxygens (including phenoxy) is 2. The summed E-state index contributed by atoms with van der Waals surface area (Å²) in [6.45, 7) is 4.47. The van der Waals surface area contributed by atoms with E-state index in [1.807, 2.05) is 11.0 Å². The first-order chi connectivity index (χ1) is 17.8. The molecule has 0 atom stereocenters. The summed E-state index contributed by atoms with van der Waals surface area (Å²) in [6, 6.07) is 16.6. The molecule has 0 saturated carbocycles. The number of anilines is 1. The SMILES string of the molecule is COC1(C(=O)NCCC2CCN(Cc3ccccc3)CC2)CCN(c2ccccc2OC(F)(F)F)CC1. The number of likely N-dealkylation sites (tertiary alicyclic amines) is 1. The van der Waals surface area contributed by atoms with E-state index >= 15 is 0 Å². The Morgan fingerprint density at radius 1 is 1.00 bits per heavy atom. The van der Waals surface area contributed by atoms with Crippen LogP contribution in [0.1, 0.15) is 37.7 Å². The molecular weight excluding hydrogens is 483 g/mol. The Labute approximate surface area is 216 Å². The van der Waals surface area contributed by atoms with Crippen LogP contribution < -0.4 is 15.0 Å². The molecule has 0 aromatic heterocycles. The van der Waals surface area contributed by atoms with Crippen LogP contribution >= 0.6 is 0 Å². The zero-order valence-electron chi connectivity index (χ0n) is 21.3. The third-order valence-corrected chi connectivity index (χ3v) is 7.60. The van der Waals surface area contributed by atoms with E-state index in [1.165, 1.54) is 24.8 Å². The van der Waals surface area contributed by atoms with Gasteiger partial charge in [0, 0.05) is 46.1 Å². The molecule has 0 aliphatic carbocycles. The van der Waals surface area contributed by atoms with Gasteiger partial charge in [0.1, 0.15) is 5.60 Å². The molecule has 2 aliphatic rings. The van der Waals surface area contributed by atoms with Crippen molar-refractivity contribution in [2.24, 2.45) is 5.92 Å². The molecule has 202 valence electrons. The van der Waals surface area contributed by atoms with Crippen LogP contribution in [0.4, 0.5) is 18.9 Å². The maximum atomic E-state index is 13.1. The van der Waals surface area contributed by atoms with Crippen LogP contribution in [0.15, 0.2) is 54.6 Å². The summed E-state index contributed by atoms with van der Waals surface area (Å²) < 4.78 is 48.3. The van der Waals surface area contributed by atoms with Gasteiger partial charge in [-0.05, 0) is 56.0 Å². The molecule has 4 rings (SSSR count). The largest absolute Gasteiger partial charge is 0.573 e. The molecule has 0 spiro atoms. The number of carbonyl (C=O) groups is 1. The first-order valence-electron chi connectivity index (χ1n) is 13.0. The van der Waals surface area contributed by atoms with Crippen LogP contribution in [-0.4, -0.2) is 62.6 Å². The standard InChI is InChI=1S/C28H36F3N3O3/c1-36-27(14-19-34(20-15-27)24-9-5-6-10-25(24)37-28(29,30)31)26(35)32-16-11-22-12-17-33(18-13-22)21-23-7-3-2-4-8-23/h2-10,22H,11-21H2,1H3,(H,32,35). The van der Waals surface area contributed by atoms with E-state index in [-0.39, 0.29) is 11.7 Å². The molecular formula is C28H36F3N3O3. The zero-order chi connectivity index (χ0) is 26.3. The first kappa shape index (κ1) is 27.3. The number of carbonyl (C=O) groups excluding carboxylic acids is 1. The molecule has 2 aromatic carbocycles. The van der Waals surface area contributed by atoms with Crippen LogP contribution in [0.3, 0.4) is 0 Å².